The molecule has 0 aliphatic carbocycles. The number of alkyl carbamates (subject to hydrolysis) is 1. The summed E-state index contributed by atoms with van der Waals surface area (Å²) in [5.74, 6) is -0.504. The summed E-state index contributed by atoms with van der Waals surface area (Å²) in [4.78, 5) is 22.2. The molecule has 0 unspecified atom stereocenters. The van der Waals surface area contributed by atoms with E-state index in [-0.39, 0.29) is 12.4 Å². The maximum absolute atomic E-state index is 11.4. The first kappa shape index (κ1) is 16.1. The van der Waals surface area contributed by atoms with Gasteiger partial charge in [0.25, 0.3) is 0 Å². The van der Waals surface area contributed by atoms with Crippen LogP contribution >= 0.6 is 11.8 Å². The van der Waals surface area contributed by atoms with E-state index in [2.05, 4.69) is 5.32 Å². The van der Waals surface area contributed by atoms with Gasteiger partial charge in [-0.1, -0.05) is 0 Å². The monoisotopic (exact) mass is 265 g/mol. The van der Waals surface area contributed by atoms with Crippen LogP contribution in [0.4, 0.5) is 4.79 Å². The highest BCUT2D eigenvalue weighted by atomic mass is 32.2. The molecule has 0 aliphatic rings. The molecule has 0 saturated carbocycles. The van der Waals surface area contributed by atoms with Crippen molar-refractivity contribution in [3.63, 3.8) is 0 Å². The van der Waals surface area contributed by atoms with Crippen molar-refractivity contribution in [2.45, 2.75) is 32.4 Å². The Labute approximate surface area is 105 Å². The topological polar surface area (TPSA) is 95.9 Å². The molecule has 7 heteroatoms. The van der Waals surface area contributed by atoms with Crippen LogP contribution in [0.2, 0.25) is 0 Å². The molecule has 0 rings (SSSR count). The summed E-state index contributed by atoms with van der Waals surface area (Å²) in [5, 5.41) is 19.7. The van der Waals surface area contributed by atoms with Gasteiger partial charge in [-0.15, -0.1) is 0 Å². The van der Waals surface area contributed by atoms with Crippen LogP contribution in [0.3, 0.4) is 0 Å². The summed E-state index contributed by atoms with van der Waals surface area (Å²) in [6.07, 6.45) is -0.755. The van der Waals surface area contributed by atoms with Crippen molar-refractivity contribution in [3.05, 3.63) is 0 Å². The van der Waals surface area contributed by atoms with Crippen molar-refractivity contribution >= 4 is 23.8 Å². The van der Waals surface area contributed by atoms with Crippen LogP contribution in [0, 0.1) is 0 Å². The molecule has 0 fully saturated rings. The molecule has 100 valence electrons. The number of aliphatic hydroxyl groups is 1. The molecule has 6 nitrogen and oxygen atoms in total. The molecule has 0 saturated heterocycles. The number of aliphatic carboxylic acids is 1. The highest BCUT2D eigenvalue weighted by molar-refractivity contribution is 7.99. The van der Waals surface area contributed by atoms with Gasteiger partial charge in [-0.2, -0.15) is 11.8 Å². The normalized spacial score (nSPS) is 12.9. The SMILES string of the molecule is CC(C)(C)OC(=O)N[C@H](CSCCO)C(=O)O. The van der Waals surface area contributed by atoms with E-state index in [0.717, 1.165) is 0 Å². The minimum Gasteiger partial charge on any atom is -0.480 e. The number of hydrogen-bond donors (Lipinski definition) is 3. The predicted octanol–water partition coefficient (Wildman–Crippen LogP) is 0.690. The molecule has 0 aromatic rings. The lowest BCUT2D eigenvalue weighted by molar-refractivity contribution is -0.138. The molecule has 0 heterocycles. The number of carboxylic acid groups (broad SMARTS) is 1. The number of nitrogens with one attached hydrogen (secondary N) is 1. The second-order valence-electron chi connectivity index (χ2n) is 4.34. The fourth-order valence-corrected chi connectivity index (χ4v) is 1.65. The molecule has 1 amide bonds. The fraction of sp³-hybridized carbons (Fsp3) is 0.800. The van der Waals surface area contributed by atoms with Crippen LogP contribution in [-0.4, -0.2) is 52.0 Å². The van der Waals surface area contributed by atoms with Crippen LogP contribution in [0.5, 0.6) is 0 Å². The third kappa shape index (κ3) is 8.82. The molecule has 0 aliphatic heterocycles. The van der Waals surface area contributed by atoms with Crippen molar-refractivity contribution < 1.29 is 24.5 Å². The molecule has 0 aromatic heterocycles. The molecule has 0 aromatic carbocycles. The molecule has 1 atom stereocenters. The van der Waals surface area contributed by atoms with Gasteiger partial charge in [-0.05, 0) is 20.8 Å². The number of carbonyl (C=O) groups is 2. The predicted molar refractivity (Wildman–Crippen MR) is 65.2 cm³/mol. The van der Waals surface area contributed by atoms with Crippen molar-refractivity contribution in [2.75, 3.05) is 18.1 Å². The van der Waals surface area contributed by atoms with E-state index in [1.165, 1.54) is 11.8 Å². The molecule has 0 radical (unpaired) electrons. The van der Waals surface area contributed by atoms with Gasteiger partial charge in [0.05, 0.1) is 6.61 Å². The van der Waals surface area contributed by atoms with Gasteiger partial charge in [0.15, 0.2) is 0 Å². The van der Waals surface area contributed by atoms with Gasteiger partial charge in [0, 0.05) is 11.5 Å². The van der Waals surface area contributed by atoms with Crippen molar-refractivity contribution in [1.29, 1.82) is 0 Å². The van der Waals surface area contributed by atoms with Gasteiger partial charge in [0.2, 0.25) is 0 Å². The average molecular weight is 265 g/mol. The van der Waals surface area contributed by atoms with Gasteiger partial charge >= 0.3 is 12.1 Å². The highest BCUT2D eigenvalue weighted by Crippen LogP contribution is 2.08. The molecule has 0 spiro atoms. The first-order chi connectivity index (χ1) is 7.76. The summed E-state index contributed by atoms with van der Waals surface area (Å²) < 4.78 is 4.95. The quantitative estimate of drug-likeness (QED) is 0.611. The molecule has 3 N–H and O–H groups in total. The Morgan fingerprint density at radius 2 is 2.00 bits per heavy atom. The summed E-state index contributed by atoms with van der Waals surface area (Å²) in [7, 11) is 0. The Morgan fingerprint density at radius 1 is 1.41 bits per heavy atom. The number of aliphatic hydroxyl groups excluding tert-OH is 1. The largest absolute Gasteiger partial charge is 0.480 e. The van der Waals surface area contributed by atoms with Gasteiger partial charge in [-0.25, -0.2) is 9.59 Å². The lowest BCUT2D eigenvalue weighted by Gasteiger charge is -2.21. The van der Waals surface area contributed by atoms with Crippen LogP contribution in [0.1, 0.15) is 20.8 Å². The maximum atomic E-state index is 11.4. The lowest BCUT2D eigenvalue weighted by atomic mass is 10.2. The van der Waals surface area contributed by atoms with E-state index in [9.17, 15) is 9.59 Å². The smallest absolute Gasteiger partial charge is 0.408 e. The van der Waals surface area contributed by atoms with Crippen LogP contribution in [0.15, 0.2) is 0 Å². The average Bonchev–Trinajstić information content (AvgIpc) is 2.13. The first-order valence-corrected chi connectivity index (χ1v) is 6.32. The minimum atomic E-state index is -1.12. The highest BCUT2D eigenvalue weighted by Gasteiger charge is 2.23. The van der Waals surface area contributed by atoms with Crippen LogP contribution < -0.4 is 5.32 Å². The van der Waals surface area contributed by atoms with E-state index in [4.69, 9.17) is 14.9 Å². The Morgan fingerprint density at radius 3 is 2.41 bits per heavy atom. The number of carbonyl (C=O) groups excluding carboxylic acids is 1. The number of amides is 1. The Kier molecular flexibility index (Phi) is 6.98. The van der Waals surface area contributed by atoms with Gasteiger partial charge in [-0.3, -0.25) is 0 Å². The zero-order chi connectivity index (χ0) is 13.5. The van der Waals surface area contributed by atoms with E-state index in [0.29, 0.717) is 5.75 Å². The zero-order valence-corrected chi connectivity index (χ0v) is 11.0. The third-order valence-corrected chi connectivity index (χ3v) is 2.55. The van der Waals surface area contributed by atoms with Gasteiger partial charge < -0.3 is 20.3 Å². The second-order valence-corrected chi connectivity index (χ2v) is 5.49. The molecular formula is C10H19NO5S. The second kappa shape index (κ2) is 7.39. The molecule has 17 heavy (non-hydrogen) atoms. The molecule has 0 bridgehead atoms. The molecular weight excluding hydrogens is 246 g/mol. The van der Waals surface area contributed by atoms with Crippen LogP contribution in [-0.2, 0) is 9.53 Å². The number of thioether (sulfide) groups is 1. The van der Waals surface area contributed by atoms with E-state index < -0.39 is 23.7 Å². The Bertz CT molecular complexity index is 264. The van der Waals surface area contributed by atoms with E-state index in [1.807, 2.05) is 0 Å². The number of rotatable bonds is 6. The van der Waals surface area contributed by atoms with E-state index >= 15 is 0 Å². The lowest BCUT2D eigenvalue weighted by Crippen LogP contribution is -2.45. The zero-order valence-electron chi connectivity index (χ0n) is 10.2. The fourth-order valence-electron chi connectivity index (χ4n) is 0.890. The summed E-state index contributed by atoms with van der Waals surface area (Å²) in [6, 6.07) is -1.01. The number of ether oxygens (including phenoxy) is 1. The van der Waals surface area contributed by atoms with Crippen molar-refractivity contribution in [2.24, 2.45) is 0 Å². The third-order valence-electron chi connectivity index (χ3n) is 1.51. The minimum absolute atomic E-state index is 0.0244. The standard InChI is InChI=1S/C10H19NO5S/c1-10(2,3)16-9(15)11-7(8(13)14)6-17-5-4-12/h7,12H,4-6H2,1-3H3,(H,11,15)(H,13,14)/t7-/m1/s1. The van der Waals surface area contributed by atoms with Crippen molar-refractivity contribution in [3.8, 4) is 0 Å². The van der Waals surface area contributed by atoms with Gasteiger partial charge in [0.1, 0.15) is 11.6 Å². The van der Waals surface area contributed by atoms with E-state index in [1.54, 1.807) is 20.8 Å². The van der Waals surface area contributed by atoms with Crippen LogP contribution in [0.25, 0.3) is 0 Å². The first-order valence-electron chi connectivity index (χ1n) is 5.17. The summed E-state index contributed by atoms with van der Waals surface area (Å²) in [6.45, 7) is 5.07. The maximum Gasteiger partial charge on any atom is 0.408 e. The van der Waals surface area contributed by atoms with Crippen molar-refractivity contribution in [1.82, 2.24) is 5.32 Å². The number of hydrogen-bond acceptors (Lipinski definition) is 5. The number of carboxylic acids is 1. The summed E-state index contributed by atoms with van der Waals surface area (Å²) >= 11 is 1.25. The Balaban J connectivity index is 4.16. The summed E-state index contributed by atoms with van der Waals surface area (Å²) in [5.41, 5.74) is -0.661. The Hall–Kier alpha value is -0.950.